The predicted octanol–water partition coefficient (Wildman–Crippen LogP) is 2.64. The topological polar surface area (TPSA) is 56.9 Å². The van der Waals surface area contributed by atoms with E-state index in [2.05, 4.69) is 65.3 Å². The van der Waals surface area contributed by atoms with Crippen LogP contribution in [0.15, 0.2) is 29.3 Å². The number of halogens is 1. The summed E-state index contributed by atoms with van der Waals surface area (Å²) in [4.78, 5) is 9.30. The third-order valence-electron chi connectivity index (χ3n) is 4.84. The first-order chi connectivity index (χ1) is 11.6. The number of benzene rings is 1. The van der Waals surface area contributed by atoms with E-state index in [9.17, 15) is 0 Å². The van der Waals surface area contributed by atoms with Crippen LogP contribution in [0.5, 0.6) is 0 Å². The molecule has 0 aliphatic carbocycles. The molecule has 6 heteroatoms. The number of rotatable bonds is 8. The molecule has 2 rings (SSSR count). The average Bonchev–Trinajstić information content (AvgIpc) is 3.06. The number of hydrogen-bond acceptors (Lipinski definition) is 3. The maximum absolute atomic E-state index is 6.04. The Kier molecular flexibility index (Phi) is 10.4. The molecule has 1 aliphatic rings. The quantitative estimate of drug-likeness (QED) is 0.357. The number of likely N-dealkylation sites (N-methyl/N-ethyl adjacent to an activating group) is 1. The zero-order chi connectivity index (χ0) is 17.4. The van der Waals surface area contributed by atoms with Crippen LogP contribution in [-0.4, -0.2) is 55.0 Å². The van der Waals surface area contributed by atoms with Crippen LogP contribution in [-0.2, 0) is 13.1 Å². The SMILES string of the molecule is CCN(C)Cc1cccc(CN=C(N)NCC2CCCN2CC)c1.I. The van der Waals surface area contributed by atoms with E-state index < -0.39 is 0 Å². The van der Waals surface area contributed by atoms with Gasteiger partial charge in [0.25, 0.3) is 0 Å². The molecule has 142 valence electrons. The molecule has 0 aromatic heterocycles. The van der Waals surface area contributed by atoms with Crippen LogP contribution in [0.4, 0.5) is 0 Å². The molecule has 1 aromatic carbocycles. The highest BCUT2D eigenvalue weighted by atomic mass is 127. The van der Waals surface area contributed by atoms with Gasteiger partial charge in [-0.25, -0.2) is 4.99 Å². The van der Waals surface area contributed by atoms with E-state index in [1.54, 1.807) is 0 Å². The van der Waals surface area contributed by atoms with Gasteiger partial charge in [0, 0.05) is 19.1 Å². The smallest absolute Gasteiger partial charge is 0.188 e. The van der Waals surface area contributed by atoms with Gasteiger partial charge < -0.3 is 16.0 Å². The van der Waals surface area contributed by atoms with Gasteiger partial charge in [0.1, 0.15) is 0 Å². The van der Waals surface area contributed by atoms with Gasteiger partial charge in [-0.05, 0) is 50.7 Å². The Bertz CT molecular complexity index is 534. The molecule has 3 N–H and O–H groups in total. The zero-order valence-corrected chi connectivity index (χ0v) is 18.2. The number of likely N-dealkylation sites (tertiary alicyclic amines) is 1. The molecular formula is C19H34IN5. The minimum atomic E-state index is 0. The van der Waals surface area contributed by atoms with Crippen LogP contribution in [0.3, 0.4) is 0 Å². The van der Waals surface area contributed by atoms with Crippen LogP contribution in [0.1, 0.15) is 37.8 Å². The summed E-state index contributed by atoms with van der Waals surface area (Å²) in [5, 5.41) is 3.29. The number of guanidine groups is 1. The van der Waals surface area contributed by atoms with E-state index in [4.69, 9.17) is 5.73 Å². The largest absolute Gasteiger partial charge is 0.370 e. The molecule has 1 saturated heterocycles. The van der Waals surface area contributed by atoms with Gasteiger partial charge in [0.05, 0.1) is 6.54 Å². The number of nitrogens with two attached hydrogens (primary N) is 1. The maximum Gasteiger partial charge on any atom is 0.188 e. The lowest BCUT2D eigenvalue weighted by Gasteiger charge is -2.23. The Morgan fingerprint density at radius 3 is 2.84 bits per heavy atom. The predicted molar refractivity (Wildman–Crippen MR) is 117 cm³/mol. The van der Waals surface area contributed by atoms with E-state index in [0.717, 1.165) is 26.2 Å². The summed E-state index contributed by atoms with van der Waals surface area (Å²) in [5.74, 6) is 0.550. The van der Waals surface area contributed by atoms with Gasteiger partial charge in [-0.3, -0.25) is 4.90 Å². The molecule has 1 aliphatic heterocycles. The lowest BCUT2D eigenvalue weighted by molar-refractivity contribution is 0.267. The molecule has 1 aromatic rings. The minimum absolute atomic E-state index is 0. The van der Waals surface area contributed by atoms with Crippen molar-refractivity contribution in [1.82, 2.24) is 15.1 Å². The Hall–Kier alpha value is -0.860. The lowest BCUT2D eigenvalue weighted by atomic mass is 10.1. The standard InChI is InChI=1S/C19H33N5.HI/c1-4-23(3)15-17-9-6-8-16(12-17)13-21-19(20)22-14-18-10-7-11-24(18)5-2;/h6,8-9,12,18H,4-5,7,10-11,13-15H2,1-3H3,(H3,20,21,22);1H. The summed E-state index contributed by atoms with van der Waals surface area (Å²) in [6.07, 6.45) is 2.54. The third kappa shape index (κ3) is 7.50. The molecule has 1 atom stereocenters. The van der Waals surface area contributed by atoms with Crippen LogP contribution >= 0.6 is 24.0 Å². The van der Waals surface area contributed by atoms with Gasteiger partial charge in [-0.1, -0.05) is 38.1 Å². The molecule has 1 heterocycles. The van der Waals surface area contributed by atoms with E-state index in [0.29, 0.717) is 18.5 Å². The summed E-state index contributed by atoms with van der Waals surface area (Å²) in [5.41, 5.74) is 8.57. The second kappa shape index (κ2) is 11.7. The van der Waals surface area contributed by atoms with Crippen LogP contribution < -0.4 is 11.1 Å². The molecule has 0 amide bonds. The van der Waals surface area contributed by atoms with E-state index in [-0.39, 0.29) is 24.0 Å². The molecule has 1 unspecified atom stereocenters. The van der Waals surface area contributed by atoms with Crippen molar-refractivity contribution in [2.75, 3.05) is 33.2 Å². The lowest BCUT2D eigenvalue weighted by Crippen LogP contribution is -2.42. The monoisotopic (exact) mass is 459 g/mol. The first kappa shape index (κ1) is 22.2. The van der Waals surface area contributed by atoms with Gasteiger partial charge in [0.15, 0.2) is 5.96 Å². The Balaban J connectivity index is 0.00000312. The number of nitrogens with zero attached hydrogens (tertiary/aromatic N) is 3. The summed E-state index contributed by atoms with van der Waals surface area (Å²) in [6.45, 7) is 10.3. The fraction of sp³-hybridized carbons (Fsp3) is 0.632. The maximum atomic E-state index is 6.04. The van der Waals surface area contributed by atoms with Crippen LogP contribution in [0.2, 0.25) is 0 Å². The normalized spacial score (nSPS) is 18.4. The highest BCUT2D eigenvalue weighted by Crippen LogP contribution is 2.15. The van der Waals surface area contributed by atoms with Gasteiger partial charge in [0.2, 0.25) is 0 Å². The highest BCUT2D eigenvalue weighted by Gasteiger charge is 2.22. The Labute approximate surface area is 170 Å². The van der Waals surface area contributed by atoms with Gasteiger partial charge in [-0.15, -0.1) is 24.0 Å². The first-order valence-corrected chi connectivity index (χ1v) is 9.16. The van der Waals surface area contributed by atoms with Crippen molar-refractivity contribution in [3.8, 4) is 0 Å². The average molecular weight is 459 g/mol. The molecule has 0 spiro atoms. The summed E-state index contributed by atoms with van der Waals surface area (Å²) in [6, 6.07) is 9.20. The van der Waals surface area contributed by atoms with Crippen molar-refractivity contribution in [2.24, 2.45) is 10.7 Å². The first-order valence-electron chi connectivity index (χ1n) is 9.16. The molecule has 5 nitrogen and oxygen atoms in total. The third-order valence-corrected chi connectivity index (χ3v) is 4.84. The summed E-state index contributed by atoms with van der Waals surface area (Å²) in [7, 11) is 2.13. The van der Waals surface area contributed by atoms with E-state index >= 15 is 0 Å². The van der Waals surface area contributed by atoms with Crippen LogP contribution in [0, 0.1) is 0 Å². The second-order valence-electron chi connectivity index (χ2n) is 6.66. The minimum Gasteiger partial charge on any atom is -0.370 e. The van der Waals surface area contributed by atoms with Crippen molar-refractivity contribution in [1.29, 1.82) is 0 Å². The van der Waals surface area contributed by atoms with Gasteiger partial charge in [-0.2, -0.15) is 0 Å². The number of nitrogens with one attached hydrogen (secondary N) is 1. The van der Waals surface area contributed by atoms with E-state index in [1.165, 1.54) is 30.5 Å². The van der Waals surface area contributed by atoms with Crippen molar-refractivity contribution in [3.63, 3.8) is 0 Å². The molecule has 0 radical (unpaired) electrons. The number of hydrogen-bond donors (Lipinski definition) is 2. The molecule has 0 saturated carbocycles. The van der Waals surface area contributed by atoms with Crippen molar-refractivity contribution in [2.45, 2.75) is 45.8 Å². The summed E-state index contributed by atoms with van der Waals surface area (Å²) >= 11 is 0. The molecule has 25 heavy (non-hydrogen) atoms. The number of aliphatic imine (C=N–C) groups is 1. The molecule has 1 fully saturated rings. The molecular weight excluding hydrogens is 425 g/mol. The van der Waals surface area contributed by atoms with Crippen molar-refractivity contribution >= 4 is 29.9 Å². The fourth-order valence-electron chi connectivity index (χ4n) is 3.25. The Morgan fingerprint density at radius 2 is 2.12 bits per heavy atom. The highest BCUT2D eigenvalue weighted by molar-refractivity contribution is 14.0. The van der Waals surface area contributed by atoms with E-state index in [1.807, 2.05) is 0 Å². The van der Waals surface area contributed by atoms with Gasteiger partial charge >= 0.3 is 0 Å². The second-order valence-corrected chi connectivity index (χ2v) is 6.66. The van der Waals surface area contributed by atoms with Crippen molar-refractivity contribution < 1.29 is 0 Å². The fourth-order valence-corrected chi connectivity index (χ4v) is 3.25. The van der Waals surface area contributed by atoms with Crippen molar-refractivity contribution in [3.05, 3.63) is 35.4 Å². The van der Waals surface area contributed by atoms with Crippen LogP contribution in [0.25, 0.3) is 0 Å². The molecule has 0 bridgehead atoms. The Morgan fingerprint density at radius 1 is 1.36 bits per heavy atom. The zero-order valence-electron chi connectivity index (χ0n) is 15.9. The summed E-state index contributed by atoms with van der Waals surface area (Å²) < 4.78 is 0.